The predicted octanol–water partition coefficient (Wildman–Crippen LogP) is 4.35. The zero-order valence-corrected chi connectivity index (χ0v) is 16.6. The van der Waals surface area contributed by atoms with Gasteiger partial charge in [-0.1, -0.05) is 53.5 Å². The fourth-order valence-electron chi connectivity index (χ4n) is 2.96. The Bertz CT molecular complexity index is 739. The molecule has 0 spiro atoms. The maximum atomic E-state index is 6.05. The van der Waals surface area contributed by atoms with Crippen LogP contribution in [0.5, 0.6) is 0 Å². The number of halogens is 2. The number of nitrogens with zero attached hydrogens (tertiary/aromatic N) is 1. The second-order valence-corrected chi connectivity index (χ2v) is 7.26. The second-order valence-electron chi connectivity index (χ2n) is 6.04. The van der Waals surface area contributed by atoms with E-state index in [2.05, 4.69) is 39.8 Å². The lowest BCUT2D eigenvalue weighted by Gasteiger charge is -2.35. The summed E-state index contributed by atoms with van der Waals surface area (Å²) in [7, 11) is 0. The maximum Gasteiger partial charge on any atom is 0.170 e. The first-order chi connectivity index (χ1) is 12.6. The van der Waals surface area contributed by atoms with Crippen molar-refractivity contribution < 1.29 is 4.74 Å². The average Bonchev–Trinajstić information content (AvgIpc) is 2.67. The molecule has 138 valence electrons. The highest BCUT2D eigenvalue weighted by Gasteiger charge is 2.22. The molecular weight excluding hydrogens is 389 g/mol. The Hall–Kier alpha value is -1.37. The number of anilines is 1. The van der Waals surface area contributed by atoms with Crippen LogP contribution < -0.4 is 10.6 Å². The Labute approximate surface area is 169 Å². The normalized spacial score (nSPS) is 16.1. The lowest BCUT2D eigenvalue weighted by atomic mass is 10.0. The molecule has 1 atom stereocenters. The van der Waals surface area contributed by atoms with Crippen molar-refractivity contribution >= 4 is 46.2 Å². The number of thiocarbonyl (C=S) groups is 1. The van der Waals surface area contributed by atoms with Gasteiger partial charge in [0.05, 0.1) is 29.3 Å². The smallest absolute Gasteiger partial charge is 0.170 e. The van der Waals surface area contributed by atoms with Gasteiger partial charge >= 0.3 is 0 Å². The molecule has 1 aliphatic rings. The summed E-state index contributed by atoms with van der Waals surface area (Å²) < 4.78 is 5.49. The molecule has 2 aromatic carbocycles. The average molecular weight is 410 g/mol. The highest BCUT2D eigenvalue weighted by Crippen LogP contribution is 2.25. The highest BCUT2D eigenvalue weighted by molar-refractivity contribution is 7.80. The summed E-state index contributed by atoms with van der Waals surface area (Å²) in [4.78, 5) is 2.42. The van der Waals surface area contributed by atoms with Gasteiger partial charge in [0.25, 0.3) is 0 Å². The second kappa shape index (κ2) is 9.53. The predicted molar refractivity (Wildman–Crippen MR) is 112 cm³/mol. The quantitative estimate of drug-likeness (QED) is 0.717. The third kappa shape index (κ3) is 5.32. The molecule has 7 heteroatoms. The van der Waals surface area contributed by atoms with E-state index in [1.807, 2.05) is 12.1 Å². The number of hydrogen-bond acceptors (Lipinski definition) is 3. The standard InChI is InChI=1S/C19H21Cl2N3OS/c20-16-7-6-15(12-17(16)21)23-19(26)22-13-18(14-4-2-1-3-5-14)24-8-10-25-11-9-24/h1-7,12,18H,8-11,13H2,(H2,22,23,26). The third-order valence-electron chi connectivity index (χ3n) is 4.30. The molecule has 0 bridgehead atoms. The van der Waals surface area contributed by atoms with E-state index in [0.717, 1.165) is 32.0 Å². The number of hydrogen-bond donors (Lipinski definition) is 2. The van der Waals surface area contributed by atoms with E-state index in [1.165, 1.54) is 5.56 Å². The monoisotopic (exact) mass is 409 g/mol. The minimum absolute atomic E-state index is 0.230. The van der Waals surface area contributed by atoms with Gasteiger partial charge in [0, 0.05) is 25.3 Å². The van der Waals surface area contributed by atoms with Crippen LogP contribution in [0.25, 0.3) is 0 Å². The molecule has 26 heavy (non-hydrogen) atoms. The Morgan fingerprint density at radius 1 is 1.08 bits per heavy atom. The molecule has 0 aliphatic carbocycles. The van der Waals surface area contributed by atoms with Gasteiger partial charge in [-0.25, -0.2) is 0 Å². The molecule has 0 radical (unpaired) electrons. The summed E-state index contributed by atoms with van der Waals surface area (Å²) in [5, 5.41) is 8.05. The topological polar surface area (TPSA) is 36.5 Å². The molecule has 1 unspecified atom stereocenters. The first kappa shape index (κ1) is 19.4. The largest absolute Gasteiger partial charge is 0.379 e. The number of rotatable bonds is 5. The van der Waals surface area contributed by atoms with E-state index in [4.69, 9.17) is 40.2 Å². The molecule has 2 N–H and O–H groups in total. The van der Waals surface area contributed by atoms with E-state index in [0.29, 0.717) is 21.7 Å². The van der Waals surface area contributed by atoms with Crippen molar-refractivity contribution in [1.29, 1.82) is 0 Å². The van der Waals surface area contributed by atoms with Crippen LogP contribution in [0.1, 0.15) is 11.6 Å². The van der Waals surface area contributed by atoms with Crippen LogP contribution in [-0.2, 0) is 4.74 Å². The van der Waals surface area contributed by atoms with Crippen molar-refractivity contribution in [1.82, 2.24) is 10.2 Å². The Balaban J connectivity index is 1.63. The number of morpholine rings is 1. The van der Waals surface area contributed by atoms with Crippen LogP contribution in [0.15, 0.2) is 48.5 Å². The fraction of sp³-hybridized carbons (Fsp3) is 0.316. The van der Waals surface area contributed by atoms with Crippen LogP contribution >= 0.6 is 35.4 Å². The first-order valence-corrected chi connectivity index (χ1v) is 9.66. The molecule has 1 fully saturated rings. The summed E-state index contributed by atoms with van der Waals surface area (Å²) in [6.45, 7) is 4.05. The van der Waals surface area contributed by atoms with Gasteiger partial charge in [-0.05, 0) is 36.0 Å². The van der Waals surface area contributed by atoms with Crippen LogP contribution in [0.4, 0.5) is 5.69 Å². The van der Waals surface area contributed by atoms with Gasteiger partial charge in [-0.15, -0.1) is 0 Å². The number of nitrogens with one attached hydrogen (secondary N) is 2. The highest BCUT2D eigenvalue weighted by atomic mass is 35.5. The SMILES string of the molecule is S=C(NCC(c1ccccc1)N1CCOCC1)Nc1ccc(Cl)c(Cl)c1. The minimum atomic E-state index is 0.230. The zero-order chi connectivity index (χ0) is 18.4. The molecule has 0 amide bonds. The van der Waals surface area contributed by atoms with Crippen molar-refractivity contribution in [2.24, 2.45) is 0 Å². The third-order valence-corrected chi connectivity index (χ3v) is 5.29. The summed E-state index contributed by atoms with van der Waals surface area (Å²) in [6, 6.07) is 16.0. The van der Waals surface area contributed by atoms with Crippen LogP contribution in [0.2, 0.25) is 10.0 Å². The lowest BCUT2D eigenvalue weighted by Crippen LogP contribution is -2.44. The fourth-order valence-corrected chi connectivity index (χ4v) is 3.46. The van der Waals surface area contributed by atoms with Crippen molar-refractivity contribution in [2.75, 3.05) is 38.2 Å². The van der Waals surface area contributed by atoms with Gasteiger partial charge in [0.15, 0.2) is 5.11 Å². The summed E-state index contributed by atoms with van der Waals surface area (Å²) >= 11 is 17.4. The van der Waals surface area contributed by atoms with E-state index in [9.17, 15) is 0 Å². The molecule has 2 aromatic rings. The van der Waals surface area contributed by atoms with Crippen molar-refractivity contribution in [3.05, 3.63) is 64.1 Å². The molecule has 3 rings (SSSR count). The summed E-state index contributed by atoms with van der Waals surface area (Å²) in [5.74, 6) is 0. The van der Waals surface area contributed by atoms with E-state index < -0.39 is 0 Å². The molecular formula is C19H21Cl2N3OS. The first-order valence-electron chi connectivity index (χ1n) is 8.50. The van der Waals surface area contributed by atoms with E-state index >= 15 is 0 Å². The van der Waals surface area contributed by atoms with E-state index in [1.54, 1.807) is 12.1 Å². The van der Waals surface area contributed by atoms with Gasteiger partial charge in [-0.3, -0.25) is 4.90 Å². The lowest BCUT2D eigenvalue weighted by molar-refractivity contribution is 0.0170. The van der Waals surface area contributed by atoms with Gasteiger partial charge in [0.1, 0.15) is 0 Å². The van der Waals surface area contributed by atoms with Gasteiger partial charge < -0.3 is 15.4 Å². The summed E-state index contributed by atoms with van der Waals surface area (Å²) in [6.07, 6.45) is 0. The molecule has 4 nitrogen and oxygen atoms in total. The Kier molecular flexibility index (Phi) is 7.11. The Morgan fingerprint density at radius 3 is 2.50 bits per heavy atom. The van der Waals surface area contributed by atoms with Crippen molar-refractivity contribution in [3.8, 4) is 0 Å². The zero-order valence-electron chi connectivity index (χ0n) is 14.3. The molecule has 0 saturated carbocycles. The molecule has 1 saturated heterocycles. The van der Waals surface area contributed by atoms with Gasteiger partial charge in [0.2, 0.25) is 0 Å². The maximum absolute atomic E-state index is 6.05. The Morgan fingerprint density at radius 2 is 1.81 bits per heavy atom. The van der Waals surface area contributed by atoms with Crippen LogP contribution in [0, 0.1) is 0 Å². The molecule has 0 aromatic heterocycles. The number of benzene rings is 2. The summed E-state index contributed by atoms with van der Waals surface area (Å²) in [5.41, 5.74) is 2.07. The molecule has 1 aliphatic heterocycles. The number of ether oxygens (including phenoxy) is 1. The van der Waals surface area contributed by atoms with Gasteiger partial charge in [-0.2, -0.15) is 0 Å². The van der Waals surface area contributed by atoms with Crippen LogP contribution in [-0.4, -0.2) is 42.9 Å². The van der Waals surface area contributed by atoms with Crippen LogP contribution in [0.3, 0.4) is 0 Å². The minimum Gasteiger partial charge on any atom is -0.379 e. The van der Waals surface area contributed by atoms with Crippen molar-refractivity contribution in [2.45, 2.75) is 6.04 Å². The van der Waals surface area contributed by atoms with Crippen molar-refractivity contribution in [3.63, 3.8) is 0 Å². The van der Waals surface area contributed by atoms with E-state index in [-0.39, 0.29) is 6.04 Å². The molecule has 1 heterocycles.